The number of benzene rings is 2. The smallest absolute Gasteiger partial charge is 0.424 e. The highest BCUT2D eigenvalue weighted by Gasteiger charge is 2.33. The predicted octanol–water partition coefficient (Wildman–Crippen LogP) is 4.37. The number of imidazole rings is 1. The zero-order valence-electron chi connectivity index (χ0n) is 15.8. The van der Waals surface area contributed by atoms with E-state index < -0.39 is 11.9 Å². The molecule has 3 N–H and O–H groups in total. The summed E-state index contributed by atoms with van der Waals surface area (Å²) >= 11 is 0. The second-order valence-corrected chi connectivity index (χ2v) is 6.56. The van der Waals surface area contributed by atoms with Gasteiger partial charge in [-0.2, -0.15) is 18.2 Å². The zero-order valence-corrected chi connectivity index (χ0v) is 15.8. The minimum atomic E-state index is -4.56. The van der Waals surface area contributed by atoms with E-state index in [9.17, 15) is 13.2 Å². The van der Waals surface area contributed by atoms with Crippen LogP contribution in [0.3, 0.4) is 0 Å². The monoisotopic (exact) mass is 414 g/mol. The molecule has 7 nitrogen and oxygen atoms in total. The van der Waals surface area contributed by atoms with Crippen LogP contribution in [0.15, 0.2) is 54.7 Å². The molecule has 10 heteroatoms. The van der Waals surface area contributed by atoms with Gasteiger partial charge in [0.15, 0.2) is 5.69 Å². The molecule has 30 heavy (non-hydrogen) atoms. The minimum Gasteiger partial charge on any atom is -0.424 e. The summed E-state index contributed by atoms with van der Waals surface area (Å²) in [5.41, 5.74) is 8.12. The van der Waals surface area contributed by atoms with Gasteiger partial charge in [-0.15, -0.1) is 0 Å². The quantitative estimate of drug-likeness (QED) is 0.472. The lowest BCUT2D eigenvalue weighted by Crippen LogP contribution is -2.09. The average Bonchev–Trinajstić information content (AvgIpc) is 3.02. The van der Waals surface area contributed by atoms with Crippen molar-refractivity contribution in [3.8, 4) is 11.8 Å². The molecule has 0 aliphatic rings. The third kappa shape index (κ3) is 4.12. The predicted molar refractivity (Wildman–Crippen MR) is 106 cm³/mol. The topological polar surface area (TPSA) is 90.9 Å². The number of rotatable bonds is 5. The number of aryl methyl sites for hydroxylation is 1. The van der Waals surface area contributed by atoms with Gasteiger partial charge in [-0.25, -0.2) is 9.97 Å². The molecule has 4 aromatic rings. The maximum absolute atomic E-state index is 12.7. The Hall–Kier alpha value is -3.82. The van der Waals surface area contributed by atoms with Gasteiger partial charge in [0, 0.05) is 25.5 Å². The molecule has 0 radical (unpaired) electrons. The van der Waals surface area contributed by atoms with E-state index in [4.69, 9.17) is 10.5 Å². The van der Waals surface area contributed by atoms with Crippen LogP contribution in [0, 0.1) is 0 Å². The largest absolute Gasteiger partial charge is 0.433 e. The first kappa shape index (κ1) is 19.5. The Balaban J connectivity index is 1.43. The van der Waals surface area contributed by atoms with Crippen LogP contribution in [0.5, 0.6) is 11.8 Å². The maximum atomic E-state index is 12.7. The van der Waals surface area contributed by atoms with E-state index in [1.807, 2.05) is 23.7 Å². The number of halogens is 3. The first-order chi connectivity index (χ1) is 14.3. The van der Waals surface area contributed by atoms with Gasteiger partial charge >= 0.3 is 12.2 Å². The molecule has 2 heterocycles. The van der Waals surface area contributed by atoms with Crippen LogP contribution in [0.4, 0.5) is 24.8 Å². The third-order valence-corrected chi connectivity index (χ3v) is 4.41. The molecule has 0 aliphatic carbocycles. The molecular formula is C20H17F3N6O. The fraction of sp³-hybridized carbons (Fsp3) is 0.150. The summed E-state index contributed by atoms with van der Waals surface area (Å²) in [6.07, 6.45) is -3.55. The van der Waals surface area contributed by atoms with Gasteiger partial charge < -0.3 is 20.4 Å². The highest BCUT2D eigenvalue weighted by molar-refractivity contribution is 5.81. The summed E-state index contributed by atoms with van der Waals surface area (Å²) in [5, 5.41) is 3.25. The Bertz CT molecular complexity index is 1190. The Labute approximate surface area is 169 Å². The molecule has 2 aromatic carbocycles. The van der Waals surface area contributed by atoms with E-state index in [1.165, 1.54) is 0 Å². The summed E-state index contributed by atoms with van der Waals surface area (Å²) in [6.45, 7) is 0.493. The Morgan fingerprint density at radius 2 is 1.83 bits per heavy atom. The van der Waals surface area contributed by atoms with Crippen molar-refractivity contribution >= 4 is 22.7 Å². The standard InChI is InChI=1S/C20H17F3N6O/c1-29-16-10-13(24)4-7-15(16)27-18(29)26-11-12-2-5-14(6-3-12)30-19-25-9-8-17(28-19)20(21,22)23/h2-10H,11,24H2,1H3,(H,26,27). The van der Waals surface area contributed by atoms with Crippen LogP contribution >= 0.6 is 0 Å². The molecule has 0 spiro atoms. The molecule has 4 rings (SSSR count). The van der Waals surface area contributed by atoms with E-state index in [1.54, 1.807) is 30.3 Å². The van der Waals surface area contributed by atoms with Gasteiger partial charge in [-0.05, 0) is 42.0 Å². The number of hydrogen-bond acceptors (Lipinski definition) is 6. The number of fused-ring (bicyclic) bond motifs is 1. The lowest BCUT2D eigenvalue weighted by atomic mass is 10.2. The van der Waals surface area contributed by atoms with Crippen molar-refractivity contribution in [2.24, 2.45) is 7.05 Å². The fourth-order valence-electron chi connectivity index (χ4n) is 2.87. The molecule has 0 fully saturated rings. The van der Waals surface area contributed by atoms with E-state index in [0.717, 1.165) is 28.9 Å². The average molecular weight is 414 g/mol. The van der Waals surface area contributed by atoms with Crippen LogP contribution in [0.1, 0.15) is 11.3 Å². The molecule has 0 amide bonds. The molecular weight excluding hydrogens is 397 g/mol. The van der Waals surface area contributed by atoms with Crippen molar-refractivity contribution in [3.63, 3.8) is 0 Å². The maximum Gasteiger partial charge on any atom is 0.433 e. The van der Waals surface area contributed by atoms with Crippen LogP contribution in [-0.2, 0) is 19.8 Å². The Morgan fingerprint density at radius 3 is 2.57 bits per heavy atom. The zero-order chi connectivity index (χ0) is 21.3. The van der Waals surface area contributed by atoms with Crippen molar-refractivity contribution in [2.45, 2.75) is 12.7 Å². The number of alkyl halides is 3. The Morgan fingerprint density at radius 1 is 1.07 bits per heavy atom. The van der Waals surface area contributed by atoms with Crippen molar-refractivity contribution < 1.29 is 17.9 Å². The lowest BCUT2D eigenvalue weighted by Gasteiger charge is -2.09. The van der Waals surface area contributed by atoms with Gasteiger partial charge in [-0.3, -0.25) is 0 Å². The summed E-state index contributed by atoms with van der Waals surface area (Å²) in [5.74, 6) is 1.02. The summed E-state index contributed by atoms with van der Waals surface area (Å²) < 4.78 is 45.4. The normalized spacial score (nSPS) is 11.6. The first-order valence-corrected chi connectivity index (χ1v) is 8.92. The van der Waals surface area contributed by atoms with Crippen molar-refractivity contribution in [3.05, 3.63) is 66.0 Å². The second kappa shape index (κ2) is 7.54. The van der Waals surface area contributed by atoms with Gasteiger partial charge in [-0.1, -0.05) is 12.1 Å². The lowest BCUT2D eigenvalue weighted by molar-refractivity contribution is -0.141. The van der Waals surface area contributed by atoms with Gasteiger partial charge in [0.1, 0.15) is 5.75 Å². The van der Waals surface area contributed by atoms with E-state index in [-0.39, 0.29) is 6.01 Å². The fourth-order valence-corrected chi connectivity index (χ4v) is 2.87. The van der Waals surface area contributed by atoms with E-state index in [2.05, 4.69) is 20.3 Å². The molecule has 0 atom stereocenters. The van der Waals surface area contributed by atoms with Crippen LogP contribution < -0.4 is 15.8 Å². The van der Waals surface area contributed by atoms with Crippen LogP contribution in [-0.4, -0.2) is 19.5 Å². The van der Waals surface area contributed by atoms with E-state index in [0.29, 0.717) is 23.9 Å². The number of aromatic nitrogens is 4. The van der Waals surface area contributed by atoms with Crippen molar-refractivity contribution in [1.82, 2.24) is 19.5 Å². The number of hydrogen-bond donors (Lipinski definition) is 2. The molecule has 0 aliphatic heterocycles. The number of nitrogens with one attached hydrogen (secondary N) is 1. The molecule has 0 saturated carbocycles. The summed E-state index contributed by atoms with van der Waals surface area (Å²) in [6, 6.07) is 12.8. The highest BCUT2D eigenvalue weighted by Crippen LogP contribution is 2.29. The Kier molecular flexibility index (Phi) is 4.90. The second-order valence-electron chi connectivity index (χ2n) is 6.56. The molecule has 0 bridgehead atoms. The van der Waals surface area contributed by atoms with E-state index >= 15 is 0 Å². The highest BCUT2D eigenvalue weighted by atomic mass is 19.4. The number of nitrogens with zero attached hydrogens (tertiary/aromatic N) is 4. The number of ether oxygens (including phenoxy) is 1. The third-order valence-electron chi connectivity index (χ3n) is 4.41. The summed E-state index contributed by atoms with van der Waals surface area (Å²) in [4.78, 5) is 11.6. The molecule has 154 valence electrons. The number of nitrogen functional groups attached to an aromatic ring is 1. The van der Waals surface area contributed by atoms with Gasteiger partial charge in [0.25, 0.3) is 0 Å². The first-order valence-electron chi connectivity index (χ1n) is 8.92. The SMILES string of the molecule is Cn1c(NCc2ccc(Oc3nccc(C(F)(F)F)n3)cc2)nc2ccc(N)cc21. The van der Waals surface area contributed by atoms with Gasteiger partial charge in [0.2, 0.25) is 5.95 Å². The summed E-state index contributed by atoms with van der Waals surface area (Å²) in [7, 11) is 1.89. The number of nitrogens with two attached hydrogens (primary N) is 1. The molecule has 0 saturated heterocycles. The number of anilines is 2. The van der Waals surface area contributed by atoms with Crippen molar-refractivity contribution in [1.29, 1.82) is 0 Å². The minimum absolute atomic E-state index is 0.330. The van der Waals surface area contributed by atoms with Crippen molar-refractivity contribution in [2.75, 3.05) is 11.1 Å². The van der Waals surface area contributed by atoms with Crippen LogP contribution in [0.2, 0.25) is 0 Å². The van der Waals surface area contributed by atoms with Gasteiger partial charge in [0.05, 0.1) is 11.0 Å². The molecule has 0 unspecified atom stereocenters. The molecule has 2 aromatic heterocycles. The van der Waals surface area contributed by atoms with Crippen LogP contribution in [0.25, 0.3) is 11.0 Å².